The van der Waals surface area contributed by atoms with Crippen molar-refractivity contribution >= 4 is 0 Å². The van der Waals surface area contributed by atoms with E-state index in [0.29, 0.717) is 10.8 Å². The summed E-state index contributed by atoms with van der Waals surface area (Å²) in [6, 6.07) is 0. The average molecular weight is 311 g/mol. The molecule has 2 heterocycles. The van der Waals surface area contributed by atoms with Crippen LogP contribution in [0.15, 0.2) is 0 Å². The summed E-state index contributed by atoms with van der Waals surface area (Å²) in [5, 5.41) is 0. The molecule has 0 N–H and O–H groups in total. The first-order valence-electron chi connectivity index (χ1n) is 9.48. The molecule has 0 radical (unpaired) electrons. The Balaban J connectivity index is 0.000000146. The number of ether oxygens (including phenoxy) is 2. The average Bonchev–Trinajstić information content (AvgIpc) is 3.33. The third-order valence-electron chi connectivity index (χ3n) is 7.07. The van der Waals surface area contributed by atoms with E-state index >= 15 is 0 Å². The highest BCUT2D eigenvalue weighted by molar-refractivity contribution is 5.17. The zero-order valence-electron chi connectivity index (χ0n) is 16.2. The third-order valence-corrected chi connectivity index (χ3v) is 7.07. The molecule has 0 bridgehead atoms. The summed E-state index contributed by atoms with van der Waals surface area (Å²) < 4.78 is 11.1. The fourth-order valence-electron chi connectivity index (χ4n) is 5.21. The van der Waals surface area contributed by atoms with Crippen LogP contribution < -0.4 is 0 Å². The lowest BCUT2D eigenvalue weighted by Gasteiger charge is -2.33. The highest BCUT2D eigenvalue weighted by Crippen LogP contribution is 2.69. The van der Waals surface area contributed by atoms with Gasteiger partial charge in [-0.2, -0.15) is 0 Å². The zero-order valence-corrected chi connectivity index (χ0v) is 16.2. The third kappa shape index (κ3) is 2.65. The summed E-state index contributed by atoms with van der Waals surface area (Å²) in [7, 11) is 0. The van der Waals surface area contributed by atoms with Crippen molar-refractivity contribution in [1.82, 2.24) is 0 Å². The molecule has 2 aliphatic heterocycles. The summed E-state index contributed by atoms with van der Waals surface area (Å²) in [5.74, 6) is 3.42. The van der Waals surface area contributed by atoms with Gasteiger partial charge in [0.25, 0.3) is 0 Å². The normalized spacial score (nSPS) is 42.8. The van der Waals surface area contributed by atoms with Crippen molar-refractivity contribution in [1.29, 1.82) is 0 Å². The van der Waals surface area contributed by atoms with Crippen LogP contribution in [-0.2, 0) is 9.47 Å². The number of hydrogen-bond acceptors (Lipinski definition) is 2. The molecule has 2 heteroatoms. The maximum absolute atomic E-state index is 5.77. The topological polar surface area (TPSA) is 18.5 Å². The van der Waals surface area contributed by atoms with Gasteiger partial charge in [0.05, 0.1) is 25.4 Å². The van der Waals surface area contributed by atoms with E-state index in [4.69, 9.17) is 9.47 Å². The predicted octanol–water partition coefficient (Wildman–Crippen LogP) is 5.16. The first-order valence-corrected chi connectivity index (χ1v) is 9.48. The van der Waals surface area contributed by atoms with Crippen LogP contribution in [0, 0.1) is 34.5 Å². The van der Waals surface area contributed by atoms with Crippen molar-refractivity contribution in [3.63, 3.8) is 0 Å². The summed E-state index contributed by atoms with van der Waals surface area (Å²) >= 11 is 0. The Bertz CT molecular complexity index is 379. The quantitative estimate of drug-likeness (QED) is 0.701. The standard InChI is InChI=1S/C10H18O.C8H14O.C2H6/c1-7(2)10-5-8(10)6-11-9(10,3)4;1-6(2)8-3-7(8)4-9-5-8;1-2/h7-8H,5-6H2,1-4H3;6-7H,3-5H2,1-2H3;1-2H3. The predicted molar refractivity (Wildman–Crippen MR) is 93.0 cm³/mol. The van der Waals surface area contributed by atoms with E-state index in [1.54, 1.807) is 0 Å². The van der Waals surface area contributed by atoms with Gasteiger partial charge < -0.3 is 9.47 Å². The van der Waals surface area contributed by atoms with Crippen molar-refractivity contribution in [2.24, 2.45) is 34.5 Å². The van der Waals surface area contributed by atoms with Crippen LogP contribution in [0.5, 0.6) is 0 Å². The first kappa shape index (κ1) is 18.3. The van der Waals surface area contributed by atoms with Gasteiger partial charge in [-0.25, -0.2) is 0 Å². The SMILES string of the molecule is CC.CC(C)C12CC1COC2(C)C.CC(C)C12COCC1C2. The van der Waals surface area contributed by atoms with Crippen LogP contribution in [0.4, 0.5) is 0 Å². The molecule has 2 nitrogen and oxygen atoms in total. The monoisotopic (exact) mass is 310 g/mol. The highest BCUT2D eigenvalue weighted by Gasteiger charge is 2.69. The molecule has 0 aromatic heterocycles. The van der Waals surface area contributed by atoms with Crippen molar-refractivity contribution in [3.8, 4) is 0 Å². The molecule has 0 spiro atoms. The van der Waals surface area contributed by atoms with E-state index < -0.39 is 0 Å². The summed E-state index contributed by atoms with van der Waals surface area (Å²) in [5.41, 5.74) is 1.32. The fourth-order valence-corrected chi connectivity index (χ4v) is 5.21. The Labute approximate surface area is 138 Å². The van der Waals surface area contributed by atoms with Crippen LogP contribution in [0.3, 0.4) is 0 Å². The van der Waals surface area contributed by atoms with Crippen molar-refractivity contribution < 1.29 is 9.47 Å². The summed E-state index contributed by atoms with van der Waals surface area (Å²) in [4.78, 5) is 0. The fraction of sp³-hybridized carbons (Fsp3) is 1.00. The van der Waals surface area contributed by atoms with Gasteiger partial charge in [-0.15, -0.1) is 0 Å². The van der Waals surface area contributed by atoms with Crippen molar-refractivity contribution in [2.45, 2.75) is 73.8 Å². The van der Waals surface area contributed by atoms with E-state index in [1.165, 1.54) is 12.8 Å². The van der Waals surface area contributed by atoms with Crippen molar-refractivity contribution in [3.05, 3.63) is 0 Å². The van der Waals surface area contributed by atoms with E-state index in [0.717, 1.165) is 43.5 Å². The lowest BCUT2D eigenvalue weighted by atomic mass is 9.78. The molecule has 2 aliphatic carbocycles. The maximum atomic E-state index is 5.77. The molecular weight excluding hydrogens is 272 g/mol. The van der Waals surface area contributed by atoms with Crippen molar-refractivity contribution in [2.75, 3.05) is 19.8 Å². The second-order valence-electron chi connectivity index (χ2n) is 8.72. The van der Waals surface area contributed by atoms with Gasteiger partial charge >= 0.3 is 0 Å². The first-order chi connectivity index (χ1) is 10.3. The minimum atomic E-state index is 0.145. The molecule has 4 atom stereocenters. The Morgan fingerprint density at radius 2 is 1.50 bits per heavy atom. The highest BCUT2D eigenvalue weighted by atomic mass is 16.5. The largest absolute Gasteiger partial charge is 0.381 e. The van der Waals surface area contributed by atoms with Gasteiger partial charge in [0.2, 0.25) is 0 Å². The Hall–Kier alpha value is -0.0800. The minimum Gasteiger partial charge on any atom is -0.381 e. The molecule has 22 heavy (non-hydrogen) atoms. The van der Waals surface area contributed by atoms with E-state index in [2.05, 4.69) is 41.5 Å². The van der Waals surface area contributed by atoms with Crippen LogP contribution in [-0.4, -0.2) is 25.4 Å². The second kappa shape index (κ2) is 6.09. The van der Waals surface area contributed by atoms with Gasteiger partial charge in [-0.05, 0) is 50.4 Å². The maximum Gasteiger partial charge on any atom is 0.0688 e. The molecule has 2 saturated heterocycles. The summed E-state index contributed by atoms with van der Waals surface area (Å²) in [6.45, 7) is 20.9. The van der Waals surface area contributed by atoms with Gasteiger partial charge in [0.1, 0.15) is 0 Å². The Morgan fingerprint density at radius 1 is 0.864 bits per heavy atom. The molecule has 4 fully saturated rings. The van der Waals surface area contributed by atoms with Crippen LogP contribution >= 0.6 is 0 Å². The summed E-state index contributed by atoms with van der Waals surface area (Å²) in [6.07, 6.45) is 2.84. The molecular formula is C20H38O2. The lowest BCUT2D eigenvalue weighted by Crippen LogP contribution is -2.35. The van der Waals surface area contributed by atoms with E-state index in [1.807, 2.05) is 13.8 Å². The van der Waals surface area contributed by atoms with Gasteiger partial charge in [0.15, 0.2) is 0 Å². The Kier molecular flexibility index (Phi) is 5.06. The molecule has 0 amide bonds. The zero-order chi connectivity index (χ0) is 16.8. The second-order valence-corrected chi connectivity index (χ2v) is 8.72. The van der Waals surface area contributed by atoms with E-state index in [9.17, 15) is 0 Å². The molecule has 0 aromatic carbocycles. The lowest BCUT2D eigenvalue weighted by molar-refractivity contribution is -0.0374. The van der Waals surface area contributed by atoms with Crippen LogP contribution in [0.1, 0.15) is 68.2 Å². The van der Waals surface area contributed by atoms with Crippen LogP contribution in [0.25, 0.3) is 0 Å². The van der Waals surface area contributed by atoms with Gasteiger partial charge in [-0.1, -0.05) is 41.5 Å². The van der Waals surface area contributed by atoms with Gasteiger partial charge in [0, 0.05) is 10.8 Å². The smallest absolute Gasteiger partial charge is 0.0688 e. The molecule has 2 saturated carbocycles. The minimum absolute atomic E-state index is 0.145. The van der Waals surface area contributed by atoms with E-state index in [-0.39, 0.29) is 5.60 Å². The molecule has 4 rings (SSSR count). The number of rotatable bonds is 2. The molecule has 4 unspecified atom stereocenters. The molecule has 0 aromatic rings. The number of fused-ring (bicyclic) bond motifs is 2. The van der Waals surface area contributed by atoms with Crippen LogP contribution in [0.2, 0.25) is 0 Å². The van der Waals surface area contributed by atoms with Gasteiger partial charge in [-0.3, -0.25) is 0 Å². The Morgan fingerprint density at radius 3 is 1.68 bits per heavy atom. The number of hydrogen-bond donors (Lipinski definition) is 0. The molecule has 130 valence electrons. The molecule has 4 aliphatic rings.